The Hall–Kier alpha value is -1.43. The number of amides is 1. The molecule has 3 N–H and O–H groups in total. The minimum Gasteiger partial charge on any atom is -0.376 e. The van der Waals surface area contributed by atoms with Gasteiger partial charge in [-0.3, -0.25) is 4.79 Å². The molecule has 2 saturated heterocycles. The minimum atomic E-state index is 0.169. The maximum absolute atomic E-state index is 12.1. The van der Waals surface area contributed by atoms with E-state index in [1.54, 1.807) is 4.90 Å². The van der Waals surface area contributed by atoms with E-state index in [-0.39, 0.29) is 12.0 Å². The number of nitrogens with one attached hydrogen (secondary N) is 3. The molecule has 1 atom stereocenters. The lowest BCUT2D eigenvalue weighted by atomic mass is 10.1. The summed E-state index contributed by atoms with van der Waals surface area (Å²) in [7, 11) is 0. The van der Waals surface area contributed by atoms with Gasteiger partial charge in [-0.1, -0.05) is 24.3 Å². The highest BCUT2D eigenvalue weighted by Gasteiger charge is 2.25. The number of hydrogen-bond donors (Lipinski definition) is 3. The van der Waals surface area contributed by atoms with E-state index in [2.05, 4.69) is 36.5 Å². The molecule has 0 aromatic heterocycles. The minimum absolute atomic E-state index is 0.169. The molecule has 1 aromatic rings. The molecule has 1 amide bonds. The summed E-state index contributed by atoms with van der Waals surface area (Å²) in [5, 5.41) is 3.04. The maximum Gasteiger partial charge on any atom is 0.275 e. The average molecular weight is 333 g/mol. The molecule has 0 saturated carbocycles. The zero-order valence-electron chi connectivity index (χ0n) is 14.8. The van der Waals surface area contributed by atoms with Gasteiger partial charge in [0.2, 0.25) is 0 Å². The monoisotopic (exact) mass is 333 g/mol. The lowest BCUT2D eigenvalue weighted by molar-refractivity contribution is -1.02. The van der Waals surface area contributed by atoms with E-state index in [0.717, 1.165) is 52.2 Å². The number of quaternary nitrogens is 2. The smallest absolute Gasteiger partial charge is 0.275 e. The van der Waals surface area contributed by atoms with Crippen LogP contribution in [0.3, 0.4) is 0 Å². The van der Waals surface area contributed by atoms with E-state index < -0.39 is 0 Å². The van der Waals surface area contributed by atoms with Crippen molar-refractivity contribution >= 4 is 5.91 Å². The SMILES string of the molecule is Cc1ccccc1C[NH+]1CC[NH+](CC(=O)NC[C@@H]2CCCO2)CC1. The van der Waals surface area contributed by atoms with Gasteiger partial charge in [-0.15, -0.1) is 0 Å². The van der Waals surface area contributed by atoms with Gasteiger partial charge in [0.25, 0.3) is 5.91 Å². The third-order valence-electron chi connectivity index (χ3n) is 5.33. The Morgan fingerprint density at radius 2 is 1.96 bits per heavy atom. The van der Waals surface area contributed by atoms with Gasteiger partial charge >= 0.3 is 0 Å². The molecule has 1 aromatic carbocycles. The van der Waals surface area contributed by atoms with Crippen molar-refractivity contribution in [2.75, 3.05) is 45.9 Å². The van der Waals surface area contributed by atoms with Crippen LogP contribution in [0.5, 0.6) is 0 Å². The van der Waals surface area contributed by atoms with Crippen LogP contribution in [0.2, 0.25) is 0 Å². The first-order chi connectivity index (χ1) is 11.7. The van der Waals surface area contributed by atoms with Crippen LogP contribution in [0.1, 0.15) is 24.0 Å². The average Bonchev–Trinajstić information content (AvgIpc) is 3.10. The van der Waals surface area contributed by atoms with E-state index in [0.29, 0.717) is 13.1 Å². The number of aryl methyl sites for hydroxylation is 1. The molecule has 3 rings (SSSR count). The van der Waals surface area contributed by atoms with E-state index in [4.69, 9.17) is 4.74 Å². The lowest BCUT2D eigenvalue weighted by Crippen LogP contribution is -3.28. The summed E-state index contributed by atoms with van der Waals surface area (Å²) in [6.07, 6.45) is 2.44. The fraction of sp³-hybridized carbons (Fsp3) is 0.632. The fourth-order valence-electron chi connectivity index (χ4n) is 3.71. The van der Waals surface area contributed by atoms with Crippen LogP contribution in [-0.2, 0) is 16.1 Å². The van der Waals surface area contributed by atoms with E-state index in [1.165, 1.54) is 16.0 Å². The Labute approximate surface area is 145 Å². The summed E-state index contributed by atoms with van der Waals surface area (Å²) in [6.45, 7) is 9.85. The molecule has 0 unspecified atom stereocenters. The van der Waals surface area contributed by atoms with Crippen molar-refractivity contribution in [2.45, 2.75) is 32.4 Å². The van der Waals surface area contributed by atoms with Crippen LogP contribution in [0.15, 0.2) is 24.3 Å². The van der Waals surface area contributed by atoms with Crippen molar-refractivity contribution in [3.63, 3.8) is 0 Å². The number of carbonyl (C=O) groups is 1. The summed E-state index contributed by atoms with van der Waals surface area (Å²) in [5.41, 5.74) is 2.83. The highest BCUT2D eigenvalue weighted by Crippen LogP contribution is 2.10. The van der Waals surface area contributed by atoms with Gasteiger partial charge in [-0.25, -0.2) is 0 Å². The number of rotatable bonds is 6. The lowest BCUT2D eigenvalue weighted by Gasteiger charge is -2.29. The molecule has 5 nitrogen and oxygen atoms in total. The molecule has 2 aliphatic heterocycles. The van der Waals surface area contributed by atoms with Crippen molar-refractivity contribution < 1.29 is 19.3 Å². The van der Waals surface area contributed by atoms with Crippen molar-refractivity contribution in [2.24, 2.45) is 0 Å². The molecule has 2 heterocycles. The molecule has 5 heteroatoms. The summed E-state index contributed by atoms with van der Waals surface area (Å²) in [5.74, 6) is 0.169. The van der Waals surface area contributed by atoms with Crippen LogP contribution in [0, 0.1) is 6.92 Å². The Morgan fingerprint density at radius 1 is 1.21 bits per heavy atom. The highest BCUT2D eigenvalue weighted by molar-refractivity contribution is 5.76. The van der Waals surface area contributed by atoms with Crippen LogP contribution < -0.4 is 15.1 Å². The number of benzene rings is 1. The predicted octanol–water partition coefficient (Wildman–Crippen LogP) is -1.43. The molecular weight excluding hydrogens is 302 g/mol. The van der Waals surface area contributed by atoms with E-state index >= 15 is 0 Å². The molecule has 24 heavy (non-hydrogen) atoms. The number of hydrogen-bond acceptors (Lipinski definition) is 2. The first kappa shape index (κ1) is 17.4. The molecular formula is C19H31N3O2+2. The van der Waals surface area contributed by atoms with Gasteiger partial charge < -0.3 is 19.9 Å². The highest BCUT2D eigenvalue weighted by atomic mass is 16.5. The Bertz CT molecular complexity index is 535. The van der Waals surface area contributed by atoms with Gasteiger partial charge in [0.05, 0.1) is 6.10 Å². The second-order valence-electron chi connectivity index (χ2n) is 7.22. The Morgan fingerprint density at radius 3 is 2.67 bits per heavy atom. The van der Waals surface area contributed by atoms with Crippen molar-refractivity contribution in [3.8, 4) is 0 Å². The first-order valence-corrected chi connectivity index (χ1v) is 9.30. The maximum atomic E-state index is 12.1. The second-order valence-corrected chi connectivity index (χ2v) is 7.22. The van der Waals surface area contributed by atoms with Crippen molar-refractivity contribution in [1.29, 1.82) is 0 Å². The van der Waals surface area contributed by atoms with Gasteiger partial charge in [0.15, 0.2) is 6.54 Å². The molecule has 132 valence electrons. The topological polar surface area (TPSA) is 47.2 Å². The predicted molar refractivity (Wildman–Crippen MR) is 93.1 cm³/mol. The number of carbonyl (C=O) groups excluding carboxylic acids is 1. The molecule has 0 bridgehead atoms. The number of piperazine rings is 1. The summed E-state index contributed by atoms with van der Waals surface area (Å²) in [4.78, 5) is 15.1. The summed E-state index contributed by atoms with van der Waals surface area (Å²) >= 11 is 0. The quantitative estimate of drug-likeness (QED) is 0.598. The summed E-state index contributed by atoms with van der Waals surface area (Å²) < 4.78 is 5.55. The van der Waals surface area contributed by atoms with Gasteiger partial charge in [0, 0.05) is 18.7 Å². The fourth-order valence-corrected chi connectivity index (χ4v) is 3.71. The Kier molecular flexibility index (Phi) is 6.24. The van der Waals surface area contributed by atoms with Gasteiger partial charge in [0.1, 0.15) is 32.7 Å². The third kappa shape index (κ3) is 5.03. The van der Waals surface area contributed by atoms with Crippen molar-refractivity contribution in [3.05, 3.63) is 35.4 Å². The molecule has 2 aliphatic rings. The molecule has 0 spiro atoms. The van der Waals surface area contributed by atoms with Gasteiger partial charge in [-0.05, 0) is 25.3 Å². The van der Waals surface area contributed by atoms with E-state index in [9.17, 15) is 4.79 Å². The van der Waals surface area contributed by atoms with Crippen LogP contribution in [-0.4, -0.2) is 57.9 Å². The van der Waals surface area contributed by atoms with Crippen LogP contribution >= 0.6 is 0 Å². The standard InChI is InChI=1S/C19H29N3O2/c1-16-5-2-3-6-17(16)14-21-8-10-22(11-9-21)15-19(23)20-13-18-7-4-12-24-18/h2-3,5-6,18H,4,7-15H2,1H3,(H,20,23)/p+2/t18-/m0/s1. The zero-order chi connectivity index (χ0) is 16.8. The van der Waals surface area contributed by atoms with Crippen LogP contribution in [0.25, 0.3) is 0 Å². The molecule has 0 aliphatic carbocycles. The largest absolute Gasteiger partial charge is 0.376 e. The Balaban J connectivity index is 1.35. The first-order valence-electron chi connectivity index (χ1n) is 9.30. The molecule has 2 fully saturated rings. The van der Waals surface area contributed by atoms with Gasteiger partial charge in [-0.2, -0.15) is 0 Å². The number of ether oxygens (including phenoxy) is 1. The van der Waals surface area contributed by atoms with Crippen LogP contribution in [0.4, 0.5) is 0 Å². The van der Waals surface area contributed by atoms with Crippen molar-refractivity contribution in [1.82, 2.24) is 5.32 Å². The molecule has 0 radical (unpaired) electrons. The second kappa shape index (κ2) is 8.60. The normalized spacial score (nSPS) is 27.1. The third-order valence-corrected chi connectivity index (χ3v) is 5.33. The zero-order valence-corrected chi connectivity index (χ0v) is 14.8. The van der Waals surface area contributed by atoms with E-state index in [1.807, 2.05) is 0 Å². The summed E-state index contributed by atoms with van der Waals surface area (Å²) in [6, 6.07) is 8.65.